The number of hydrogen-bond donors (Lipinski definition) is 1. The molecule has 3 aromatic rings. The number of fused-ring (bicyclic) bond motifs is 1. The Morgan fingerprint density at radius 2 is 2.00 bits per heavy atom. The largest absolute Gasteiger partial charge is 0.487 e. The Kier molecular flexibility index (Phi) is 3.67. The number of anilines is 1. The van der Waals surface area contributed by atoms with Gasteiger partial charge in [-0.1, -0.05) is 35.9 Å². The number of para-hydroxylation sites is 1. The number of pyridine rings is 1. The topological polar surface area (TPSA) is 48.1 Å². The third-order valence-corrected chi connectivity index (χ3v) is 3.62. The monoisotopic (exact) mass is 298 g/mol. The fourth-order valence-electron chi connectivity index (χ4n) is 2.18. The second-order valence-electron chi connectivity index (χ2n) is 4.93. The Balaban J connectivity index is 1.88. The van der Waals surface area contributed by atoms with E-state index in [0.29, 0.717) is 17.3 Å². The molecule has 1 aromatic heterocycles. The zero-order chi connectivity index (χ0) is 14.8. The van der Waals surface area contributed by atoms with Crippen LogP contribution < -0.4 is 10.5 Å². The van der Waals surface area contributed by atoms with Crippen LogP contribution in [-0.4, -0.2) is 4.98 Å². The predicted octanol–water partition coefficient (Wildman–Crippen LogP) is 4.36. The predicted molar refractivity (Wildman–Crippen MR) is 86.7 cm³/mol. The maximum absolute atomic E-state index is 5.92. The average molecular weight is 299 g/mol. The molecule has 0 saturated heterocycles. The Bertz CT molecular complexity index is 802. The Hall–Kier alpha value is -2.26. The summed E-state index contributed by atoms with van der Waals surface area (Å²) < 4.78 is 5.89. The average Bonchev–Trinajstić information content (AvgIpc) is 2.48. The number of nitrogen functional groups attached to an aromatic ring is 1. The van der Waals surface area contributed by atoms with Crippen molar-refractivity contribution in [3.8, 4) is 5.75 Å². The van der Waals surface area contributed by atoms with E-state index < -0.39 is 0 Å². The van der Waals surface area contributed by atoms with Crippen molar-refractivity contribution in [3.63, 3.8) is 0 Å². The molecule has 3 rings (SSSR count). The summed E-state index contributed by atoms with van der Waals surface area (Å²) in [4.78, 5) is 4.55. The number of halogens is 1. The lowest BCUT2D eigenvalue weighted by Crippen LogP contribution is -1.98. The van der Waals surface area contributed by atoms with E-state index in [4.69, 9.17) is 22.1 Å². The number of aromatic nitrogens is 1. The third-order valence-electron chi connectivity index (χ3n) is 3.28. The lowest BCUT2D eigenvalue weighted by molar-refractivity contribution is 0.309. The number of nitrogens with zero attached hydrogens (tertiary/aromatic N) is 1. The van der Waals surface area contributed by atoms with E-state index in [1.54, 1.807) is 6.07 Å². The van der Waals surface area contributed by atoms with Crippen molar-refractivity contribution in [2.24, 2.45) is 0 Å². The van der Waals surface area contributed by atoms with Crippen LogP contribution in [0.1, 0.15) is 11.3 Å². The zero-order valence-corrected chi connectivity index (χ0v) is 12.4. The highest BCUT2D eigenvalue weighted by Crippen LogP contribution is 2.26. The normalized spacial score (nSPS) is 10.8. The van der Waals surface area contributed by atoms with Crippen LogP contribution in [0.3, 0.4) is 0 Å². The van der Waals surface area contributed by atoms with E-state index in [1.807, 2.05) is 49.4 Å². The maximum atomic E-state index is 5.92. The number of aryl methyl sites for hydroxylation is 1. The van der Waals surface area contributed by atoms with Gasteiger partial charge in [-0.15, -0.1) is 0 Å². The van der Waals surface area contributed by atoms with Crippen molar-refractivity contribution in [2.75, 3.05) is 5.73 Å². The lowest BCUT2D eigenvalue weighted by atomic mass is 10.2. The van der Waals surface area contributed by atoms with Gasteiger partial charge in [0.25, 0.3) is 0 Å². The highest BCUT2D eigenvalue weighted by atomic mass is 35.5. The van der Waals surface area contributed by atoms with Gasteiger partial charge in [-0.25, -0.2) is 4.98 Å². The molecule has 4 heteroatoms. The van der Waals surface area contributed by atoms with Crippen LogP contribution >= 0.6 is 11.6 Å². The molecule has 0 saturated carbocycles. The minimum Gasteiger partial charge on any atom is -0.487 e. The maximum Gasteiger partial charge on any atom is 0.146 e. The molecule has 106 valence electrons. The van der Waals surface area contributed by atoms with Crippen molar-refractivity contribution in [1.29, 1.82) is 0 Å². The van der Waals surface area contributed by atoms with Gasteiger partial charge >= 0.3 is 0 Å². The summed E-state index contributed by atoms with van der Waals surface area (Å²) in [6.45, 7) is 2.40. The van der Waals surface area contributed by atoms with Crippen molar-refractivity contribution in [1.82, 2.24) is 4.98 Å². The molecule has 21 heavy (non-hydrogen) atoms. The minimum atomic E-state index is 0.427. The number of benzene rings is 2. The molecule has 0 bridgehead atoms. The highest BCUT2D eigenvalue weighted by Gasteiger charge is 2.05. The molecule has 2 aromatic carbocycles. The van der Waals surface area contributed by atoms with Gasteiger partial charge in [-0.2, -0.15) is 0 Å². The highest BCUT2D eigenvalue weighted by molar-refractivity contribution is 6.33. The summed E-state index contributed by atoms with van der Waals surface area (Å²) in [7, 11) is 0. The summed E-state index contributed by atoms with van der Waals surface area (Å²) in [5, 5.41) is 1.62. The van der Waals surface area contributed by atoms with Gasteiger partial charge in [0.15, 0.2) is 0 Å². The molecule has 0 fully saturated rings. The molecule has 0 radical (unpaired) electrons. The molecule has 0 amide bonds. The lowest BCUT2D eigenvalue weighted by Gasteiger charge is -2.10. The van der Waals surface area contributed by atoms with Crippen LogP contribution in [0.4, 0.5) is 5.69 Å². The van der Waals surface area contributed by atoms with E-state index in [0.717, 1.165) is 27.9 Å². The SMILES string of the molecule is Cc1ccc2cccc(OCc3ccc(Cl)c(N)c3)c2n1. The van der Waals surface area contributed by atoms with E-state index in [2.05, 4.69) is 4.98 Å². The molecule has 1 heterocycles. The number of rotatable bonds is 3. The molecule has 0 atom stereocenters. The first kappa shape index (κ1) is 13.7. The van der Waals surface area contributed by atoms with Gasteiger partial charge in [0.1, 0.15) is 17.9 Å². The van der Waals surface area contributed by atoms with Gasteiger partial charge in [0, 0.05) is 11.1 Å². The fourth-order valence-corrected chi connectivity index (χ4v) is 2.30. The van der Waals surface area contributed by atoms with E-state index in [-0.39, 0.29) is 0 Å². The summed E-state index contributed by atoms with van der Waals surface area (Å²) in [5.41, 5.74) is 9.18. The number of ether oxygens (including phenoxy) is 1. The molecular formula is C17H15ClN2O. The van der Waals surface area contributed by atoms with Gasteiger partial charge in [-0.3, -0.25) is 0 Å². The van der Waals surface area contributed by atoms with Gasteiger partial charge in [-0.05, 0) is 36.8 Å². The summed E-state index contributed by atoms with van der Waals surface area (Å²) in [6, 6.07) is 15.5. The molecule has 0 unspecified atom stereocenters. The first-order valence-electron chi connectivity index (χ1n) is 6.66. The van der Waals surface area contributed by atoms with Crippen molar-refractivity contribution < 1.29 is 4.74 Å². The first-order chi connectivity index (χ1) is 10.1. The third kappa shape index (κ3) is 2.93. The van der Waals surface area contributed by atoms with Crippen molar-refractivity contribution in [3.05, 3.63) is 64.8 Å². The Labute approximate surface area is 128 Å². The quantitative estimate of drug-likeness (QED) is 0.731. The van der Waals surface area contributed by atoms with E-state index >= 15 is 0 Å². The molecule has 3 nitrogen and oxygen atoms in total. The van der Waals surface area contributed by atoms with Crippen LogP contribution in [0.2, 0.25) is 5.02 Å². The van der Waals surface area contributed by atoms with Crippen LogP contribution in [-0.2, 0) is 6.61 Å². The number of nitrogens with two attached hydrogens (primary N) is 1. The van der Waals surface area contributed by atoms with Crippen molar-refractivity contribution >= 4 is 28.2 Å². The molecule has 0 aliphatic carbocycles. The molecule has 0 spiro atoms. The Morgan fingerprint density at radius 1 is 1.14 bits per heavy atom. The first-order valence-corrected chi connectivity index (χ1v) is 7.04. The molecule has 0 aliphatic heterocycles. The molecular weight excluding hydrogens is 284 g/mol. The van der Waals surface area contributed by atoms with E-state index in [1.165, 1.54) is 0 Å². The van der Waals surface area contributed by atoms with Crippen LogP contribution in [0.5, 0.6) is 5.75 Å². The van der Waals surface area contributed by atoms with Crippen LogP contribution in [0, 0.1) is 6.92 Å². The zero-order valence-electron chi connectivity index (χ0n) is 11.6. The van der Waals surface area contributed by atoms with Gasteiger partial charge in [0.05, 0.1) is 10.7 Å². The van der Waals surface area contributed by atoms with E-state index in [9.17, 15) is 0 Å². The standard InChI is InChI=1S/C17H15ClN2O/c1-11-5-7-13-3-2-4-16(17(13)20-11)21-10-12-6-8-14(18)15(19)9-12/h2-9H,10,19H2,1H3. The number of hydrogen-bond acceptors (Lipinski definition) is 3. The van der Waals surface area contributed by atoms with Crippen LogP contribution in [0.15, 0.2) is 48.5 Å². The van der Waals surface area contributed by atoms with Crippen molar-refractivity contribution in [2.45, 2.75) is 13.5 Å². The summed E-state index contributed by atoms with van der Waals surface area (Å²) in [5.74, 6) is 0.768. The van der Waals surface area contributed by atoms with Gasteiger partial charge < -0.3 is 10.5 Å². The fraction of sp³-hybridized carbons (Fsp3) is 0.118. The summed E-state index contributed by atoms with van der Waals surface area (Å²) >= 11 is 5.92. The molecule has 0 aliphatic rings. The summed E-state index contributed by atoms with van der Waals surface area (Å²) in [6.07, 6.45) is 0. The smallest absolute Gasteiger partial charge is 0.146 e. The second-order valence-corrected chi connectivity index (χ2v) is 5.33. The van der Waals surface area contributed by atoms with Crippen LogP contribution in [0.25, 0.3) is 10.9 Å². The molecule has 2 N–H and O–H groups in total. The minimum absolute atomic E-state index is 0.427. The Morgan fingerprint density at radius 3 is 2.81 bits per heavy atom. The van der Waals surface area contributed by atoms with Gasteiger partial charge in [0.2, 0.25) is 0 Å². The second kappa shape index (κ2) is 5.62.